The van der Waals surface area contributed by atoms with Gasteiger partial charge in [0.15, 0.2) is 11.9 Å². The average molecular weight is 245 g/mol. The van der Waals surface area contributed by atoms with Gasteiger partial charge in [-0.25, -0.2) is 4.79 Å². The van der Waals surface area contributed by atoms with Crippen molar-refractivity contribution in [3.8, 4) is 0 Å². The summed E-state index contributed by atoms with van der Waals surface area (Å²) in [6, 6.07) is 0. The van der Waals surface area contributed by atoms with Gasteiger partial charge >= 0.3 is 6.09 Å². The van der Waals surface area contributed by atoms with Crippen LogP contribution in [0.1, 0.15) is 34.6 Å². The molecule has 98 valence electrons. The molecule has 0 spiro atoms. The number of Topliss-reactive ketones (excluding diaryl/α,β-unsaturated/α-hetero) is 1. The quantitative estimate of drug-likeness (QED) is 0.711. The number of aliphatic hydroxyl groups is 1. The fraction of sp³-hybridized carbons (Fsp3) is 0.727. The molecule has 0 aliphatic carbocycles. The second kappa shape index (κ2) is 5.77. The molecule has 0 radical (unpaired) electrons. The van der Waals surface area contributed by atoms with E-state index in [9.17, 15) is 19.5 Å². The van der Waals surface area contributed by atoms with Gasteiger partial charge in [-0.05, 0) is 20.8 Å². The van der Waals surface area contributed by atoms with Crippen LogP contribution in [0.15, 0.2) is 0 Å². The van der Waals surface area contributed by atoms with Gasteiger partial charge in [-0.2, -0.15) is 0 Å². The molecule has 0 rings (SSSR count). The largest absolute Gasteiger partial charge is 0.444 e. The Morgan fingerprint density at radius 2 is 1.65 bits per heavy atom. The molecule has 6 nitrogen and oxygen atoms in total. The van der Waals surface area contributed by atoms with Crippen LogP contribution in [-0.2, 0) is 14.3 Å². The Bertz CT molecular complexity index is 316. The highest BCUT2D eigenvalue weighted by molar-refractivity contribution is 6.08. The lowest BCUT2D eigenvalue weighted by Crippen LogP contribution is -2.45. The van der Waals surface area contributed by atoms with Crippen molar-refractivity contribution in [1.29, 1.82) is 0 Å². The van der Waals surface area contributed by atoms with Gasteiger partial charge in [-0.3, -0.25) is 14.9 Å². The lowest BCUT2D eigenvalue weighted by molar-refractivity contribution is -0.141. The van der Waals surface area contributed by atoms with Crippen molar-refractivity contribution in [2.45, 2.75) is 46.3 Å². The third-order valence-corrected chi connectivity index (χ3v) is 1.71. The van der Waals surface area contributed by atoms with Crippen molar-refractivity contribution in [3.05, 3.63) is 0 Å². The molecule has 0 saturated heterocycles. The third kappa shape index (κ3) is 6.01. The summed E-state index contributed by atoms with van der Waals surface area (Å²) in [5, 5.41) is 11.1. The summed E-state index contributed by atoms with van der Waals surface area (Å²) < 4.78 is 4.81. The predicted octanol–water partition coefficient (Wildman–Crippen LogP) is 0.624. The molecule has 0 aromatic rings. The molecular formula is C11H19NO5. The topological polar surface area (TPSA) is 92.7 Å². The van der Waals surface area contributed by atoms with Crippen molar-refractivity contribution in [3.63, 3.8) is 0 Å². The Morgan fingerprint density at radius 3 is 2.00 bits per heavy atom. The summed E-state index contributed by atoms with van der Waals surface area (Å²) in [5.41, 5.74) is -0.753. The van der Waals surface area contributed by atoms with Crippen LogP contribution in [0.25, 0.3) is 0 Å². The Hall–Kier alpha value is -1.43. The first kappa shape index (κ1) is 15.6. The van der Waals surface area contributed by atoms with E-state index in [1.807, 2.05) is 0 Å². The number of amides is 2. The lowest BCUT2D eigenvalue weighted by atomic mass is 10.0. The monoisotopic (exact) mass is 245 g/mol. The zero-order valence-corrected chi connectivity index (χ0v) is 10.7. The molecule has 2 amide bonds. The Balaban J connectivity index is 4.36. The van der Waals surface area contributed by atoms with Gasteiger partial charge in [-0.1, -0.05) is 13.8 Å². The van der Waals surface area contributed by atoms with Crippen LogP contribution in [0.3, 0.4) is 0 Å². The molecule has 0 fully saturated rings. The van der Waals surface area contributed by atoms with Crippen LogP contribution in [-0.4, -0.2) is 34.6 Å². The molecule has 0 bridgehead atoms. The smallest absolute Gasteiger partial charge is 0.414 e. The van der Waals surface area contributed by atoms with Crippen molar-refractivity contribution < 1.29 is 24.2 Å². The summed E-state index contributed by atoms with van der Waals surface area (Å²) in [4.78, 5) is 33.8. The summed E-state index contributed by atoms with van der Waals surface area (Å²) in [5.74, 6) is -2.21. The summed E-state index contributed by atoms with van der Waals surface area (Å²) in [6.45, 7) is 7.99. The van der Waals surface area contributed by atoms with Crippen molar-refractivity contribution in [2.24, 2.45) is 5.92 Å². The SMILES string of the molecule is CC(C)C(=O)C(O)C(=O)NC(=O)OC(C)(C)C. The molecule has 1 unspecified atom stereocenters. The zero-order chi connectivity index (χ0) is 13.8. The van der Waals surface area contributed by atoms with Crippen LogP contribution in [0, 0.1) is 5.92 Å². The fourth-order valence-electron chi connectivity index (χ4n) is 0.918. The number of ketones is 1. The van der Waals surface area contributed by atoms with E-state index < -0.39 is 35.4 Å². The number of aliphatic hydroxyl groups excluding tert-OH is 1. The highest BCUT2D eigenvalue weighted by atomic mass is 16.6. The molecule has 6 heteroatoms. The number of alkyl carbamates (subject to hydrolysis) is 1. The Labute approximate surface area is 100 Å². The maximum absolute atomic E-state index is 11.3. The van der Waals surface area contributed by atoms with E-state index in [1.165, 1.54) is 0 Å². The van der Waals surface area contributed by atoms with Gasteiger partial charge in [0, 0.05) is 5.92 Å². The Kier molecular flexibility index (Phi) is 5.28. The third-order valence-electron chi connectivity index (χ3n) is 1.71. The first-order valence-electron chi connectivity index (χ1n) is 5.30. The minimum absolute atomic E-state index is 0.491. The fourth-order valence-corrected chi connectivity index (χ4v) is 0.918. The molecule has 2 N–H and O–H groups in total. The number of carbonyl (C=O) groups is 3. The van der Waals surface area contributed by atoms with Crippen LogP contribution in [0.5, 0.6) is 0 Å². The molecule has 0 saturated carbocycles. The standard InChI is InChI=1S/C11H19NO5/c1-6(2)7(13)8(14)9(15)12-10(16)17-11(3,4)5/h6,8,14H,1-5H3,(H,12,15,16). The van der Waals surface area contributed by atoms with E-state index in [4.69, 9.17) is 4.74 Å². The lowest BCUT2D eigenvalue weighted by Gasteiger charge is -2.20. The van der Waals surface area contributed by atoms with Crippen LogP contribution in [0.4, 0.5) is 4.79 Å². The first-order valence-corrected chi connectivity index (χ1v) is 5.30. The highest BCUT2D eigenvalue weighted by Gasteiger charge is 2.28. The van der Waals surface area contributed by atoms with Crippen molar-refractivity contribution in [1.82, 2.24) is 5.32 Å². The number of hydrogen-bond acceptors (Lipinski definition) is 5. The van der Waals surface area contributed by atoms with Gasteiger partial charge in [0.1, 0.15) is 5.60 Å². The van der Waals surface area contributed by atoms with Gasteiger partial charge in [0.25, 0.3) is 5.91 Å². The molecular weight excluding hydrogens is 226 g/mol. The minimum atomic E-state index is -1.84. The van der Waals surface area contributed by atoms with Gasteiger partial charge < -0.3 is 9.84 Å². The van der Waals surface area contributed by atoms with E-state index in [2.05, 4.69) is 0 Å². The second-order valence-corrected chi connectivity index (χ2v) is 4.95. The average Bonchev–Trinajstić information content (AvgIpc) is 2.11. The van der Waals surface area contributed by atoms with Gasteiger partial charge in [0.2, 0.25) is 0 Å². The van der Waals surface area contributed by atoms with Crippen LogP contribution in [0.2, 0.25) is 0 Å². The van der Waals surface area contributed by atoms with Gasteiger partial charge in [0.05, 0.1) is 0 Å². The highest BCUT2D eigenvalue weighted by Crippen LogP contribution is 2.07. The van der Waals surface area contributed by atoms with Crippen LogP contribution < -0.4 is 5.32 Å². The van der Waals surface area contributed by atoms with E-state index in [0.29, 0.717) is 0 Å². The first-order chi connectivity index (χ1) is 7.54. The van der Waals surface area contributed by atoms with E-state index in [0.717, 1.165) is 0 Å². The molecule has 1 atom stereocenters. The number of ether oxygens (including phenoxy) is 1. The van der Waals surface area contributed by atoms with Gasteiger partial charge in [-0.15, -0.1) is 0 Å². The molecule has 0 aliphatic rings. The van der Waals surface area contributed by atoms with E-state index in [1.54, 1.807) is 39.9 Å². The molecule has 0 aliphatic heterocycles. The minimum Gasteiger partial charge on any atom is -0.444 e. The maximum atomic E-state index is 11.3. The number of hydrogen-bond donors (Lipinski definition) is 2. The molecule has 0 heterocycles. The number of carbonyl (C=O) groups excluding carboxylic acids is 3. The molecule has 0 aromatic carbocycles. The number of nitrogens with one attached hydrogen (secondary N) is 1. The molecule has 17 heavy (non-hydrogen) atoms. The van der Waals surface area contributed by atoms with E-state index in [-0.39, 0.29) is 0 Å². The van der Waals surface area contributed by atoms with Crippen LogP contribution >= 0.6 is 0 Å². The summed E-state index contributed by atoms with van der Waals surface area (Å²) >= 11 is 0. The molecule has 0 aromatic heterocycles. The summed E-state index contributed by atoms with van der Waals surface area (Å²) in [6.07, 6.45) is -2.83. The zero-order valence-electron chi connectivity index (χ0n) is 10.7. The summed E-state index contributed by atoms with van der Waals surface area (Å²) in [7, 11) is 0. The second-order valence-electron chi connectivity index (χ2n) is 4.95. The maximum Gasteiger partial charge on any atom is 0.414 e. The van der Waals surface area contributed by atoms with E-state index >= 15 is 0 Å². The normalized spacial score (nSPS) is 13.1. The van der Waals surface area contributed by atoms with Crippen molar-refractivity contribution >= 4 is 17.8 Å². The Morgan fingerprint density at radius 1 is 1.18 bits per heavy atom. The predicted molar refractivity (Wildman–Crippen MR) is 60.2 cm³/mol. The number of imide groups is 1. The number of rotatable bonds is 3. The van der Waals surface area contributed by atoms with Crippen molar-refractivity contribution in [2.75, 3.05) is 0 Å².